The molecule has 0 aromatic heterocycles. The first-order chi connectivity index (χ1) is 14.4. The van der Waals surface area contributed by atoms with E-state index in [2.05, 4.69) is 5.32 Å². The van der Waals surface area contributed by atoms with Gasteiger partial charge in [-0.2, -0.15) is 0 Å². The van der Waals surface area contributed by atoms with Crippen LogP contribution in [0.15, 0.2) is 0 Å². The highest BCUT2D eigenvalue weighted by Crippen LogP contribution is 2.43. The number of carbonyl (C=O) groups is 2. The third-order valence-corrected chi connectivity index (χ3v) is 7.32. The Hall–Kier alpha value is -1.18. The van der Waals surface area contributed by atoms with Crippen molar-refractivity contribution < 1.29 is 23.8 Å². The van der Waals surface area contributed by atoms with Crippen LogP contribution in [0, 0.1) is 10.8 Å². The van der Waals surface area contributed by atoms with E-state index in [0.29, 0.717) is 12.7 Å². The van der Waals surface area contributed by atoms with E-state index in [1.807, 2.05) is 25.7 Å². The lowest BCUT2D eigenvalue weighted by atomic mass is 9.72. The van der Waals surface area contributed by atoms with E-state index < -0.39 is 6.04 Å². The van der Waals surface area contributed by atoms with Crippen LogP contribution in [0.4, 0.5) is 0 Å². The molecule has 1 aliphatic carbocycles. The van der Waals surface area contributed by atoms with E-state index in [1.165, 1.54) is 6.92 Å². The van der Waals surface area contributed by atoms with Crippen molar-refractivity contribution in [3.8, 4) is 0 Å². The van der Waals surface area contributed by atoms with E-state index >= 15 is 0 Å². The van der Waals surface area contributed by atoms with Gasteiger partial charge in [0.25, 0.3) is 0 Å². The molecule has 2 atom stereocenters. The first kappa shape index (κ1) is 23.5. The van der Waals surface area contributed by atoms with Crippen LogP contribution < -0.4 is 5.32 Å². The Morgan fingerprint density at radius 3 is 2.20 bits per heavy atom. The van der Waals surface area contributed by atoms with Crippen molar-refractivity contribution >= 4 is 11.8 Å². The molecule has 1 saturated carbocycles. The highest BCUT2D eigenvalue weighted by atomic mass is 16.5. The summed E-state index contributed by atoms with van der Waals surface area (Å²) in [6, 6.07) is -0.638. The number of nitrogens with zero attached hydrogens (tertiary/aromatic N) is 1. The molecule has 4 aliphatic heterocycles. The van der Waals surface area contributed by atoms with E-state index in [4.69, 9.17) is 14.2 Å². The molecule has 2 bridgehead atoms. The molecular weight excluding hydrogens is 384 g/mol. The zero-order valence-corrected chi connectivity index (χ0v) is 19.2. The largest absolute Gasteiger partial charge is 0.380 e. The zero-order valence-electron chi connectivity index (χ0n) is 19.2. The van der Waals surface area contributed by atoms with Crippen molar-refractivity contribution in [2.24, 2.45) is 10.8 Å². The Bertz CT molecular complexity index is 575. The summed E-state index contributed by atoms with van der Waals surface area (Å²) < 4.78 is 17.4. The topological polar surface area (TPSA) is 77.1 Å². The van der Waals surface area contributed by atoms with Gasteiger partial charge in [0, 0.05) is 30.8 Å². The Balaban J connectivity index is 0.00000124. The lowest BCUT2D eigenvalue weighted by Gasteiger charge is -2.48. The number of rotatable bonds is 6. The van der Waals surface area contributed by atoms with Crippen molar-refractivity contribution in [1.82, 2.24) is 10.2 Å². The minimum atomic E-state index is -0.638. The standard InChI is InChI=1S/C21H34N2O5.C2H6/c1-15(27-13-20-5-3-17(4-6-20)28-14-20)18(22-16(2)24)19(25)23-9-7-21(8-10-23)11-26-12-21;1-2/h15,17-18H,3-14H2,1-2H3,(H,22,24);1-2H3. The fourth-order valence-corrected chi connectivity index (χ4v) is 5.08. The van der Waals surface area contributed by atoms with Crippen LogP contribution in [0.2, 0.25) is 0 Å². The fraction of sp³-hybridized carbons (Fsp3) is 0.913. The van der Waals surface area contributed by atoms with E-state index in [0.717, 1.165) is 71.4 Å². The third-order valence-electron chi connectivity index (χ3n) is 7.32. The van der Waals surface area contributed by atoms with Crippen LogP contribution in [-0.2, 0) is 23.8 Å². The van der Waals surface area contributed by atoms with Gasteiger partial charge in [0.2, 0.25) is 11.8 Å². The lowest BCUT2D eigenvalue weighted by molar-refractivity contribution is -0.163. The molecule has 0 aromatic rings. The molecule has 7 nitrogen and oxygen atoms in total. The van der Waals surface area contributed by atoms with E-state index in [9.17, 15) is 9.59 Å². The molecule has 30 heavy (non-hydrogen) atoms. The maximum atomic E-state index is 13.2. The molecule has 5 aliphatic rings. The summed E-state index contributed by atoms with van der Waals surface area (Å²) in [6.45, 7) is 11.8. The summed E-state index contributed by atoms with van der Waals surface area (Å²) in [4.78, 5) is 26.8. The van der Waals surface area contributed by atoms with Crippen LogP contribution >= 0.6 is 0 Å². The minimum Gasteiger partial charge on any atom is -0.380 e. The summed E-state index contributed by atoms with van der Waals surface area (Å²) in [7, 11) is 0. The second kappa shape index (κ2) is 9.96. The molecule has 172 valence electrons. The van der Waals surface area contributed by atoms with Gasteiger partial charge in [-0.05, 0) is 45.4 Å². The SMILES string of the molecule is CC.CC(=O)NC(C(=O)N1CCC2(CC1)COC2)C(C)OCC12CCC(CC1)OC2. The van der Waals surface area contributed by atoms with Crippen LogP contribution in [0.3, 0.4) is 0 Å². The second-order valence-corrected chi connectivity index (χ2v) is 9.52. The zero-order chi connectivity index (χ0) is 21.8. The molecule has 7 heteroatoms. The number of hydrogen-bond donors (Lipinski definition) is 1. The van der Waals surface area contributed by atoms with Crippen LogP contribution in [-0.4, -0.2) is 74.5 Å². The van der Waals surface area contributed by atoms with Crippen LogP contribution in [0.25, 0.3) is 0 Å². The number of likely N-dealkylation sites (tertiary alicyclic amines) is 1. The first-order valence-electron chi connectivity index (χ1n) is 11.8. The summed E-state index contributed by atoms with van der Waals surface area (Å²) >= 11 is 0. The summed E-state index contributed by atoms with van der Waals surface area (Å²) in [5.41, 5.74) is 0.357. The van der Waals surface area contributed by atoms with Gasteiger partial charge in [-0.1, -0.05) is 13.8 Å². The monoisotopic (exact) mass is 424 g/mol. The summed E-state index contributed by atoms with van der Waals surface area (Å²) in [5.74, 6) is -0.228. The molecule has 4 heterocycles. The highest BCUT2D eigenvalue weighted by Gasteiger charge is 2.45. The maximum absolute atomic E-state index is 13.2. The Kier molecular flexibility index (Phi) is 7.80. The lowest BCUT2D eigenvalue weighted by Crippen LogP contribution is -2.58. The van der Waals surface area contributed by atoms with Crippen molar-refractivity contribution in [2.75, 3.05) is 39.5 Å². The number of piperidine rings is 1. The molecule has 0 radical (unpaired) electrons. The molecule has 0 aromatic carbocycles. The average Bonchev–Trinajstić information content (AvgIpc) is 2.77. The molecule has 5 fully saturated rings. The summed E-state index contributed by atoms with van der Waals surface area (Å²) in [6.07, 6.45) is 6.46. The van der Waals surface area contributed by atoms with Gasteiger partial charge in [0.1, 0.15) is 6.04 Å². The molecule has 1 spiro atoms. The first-order valence-corrected chi connectivity index (χ1v) is 11.8. The van der Waals surface area contributed by atoms with Gasteiger partial charge in [0.05, 0.1) is 38.6 Å². The summed E-state index contributed by atoms with van der Waals surface area (Å²) in [5, 5.41) is 2.84. The Labute approximate surface area is 181 Å². The van der Waals surface area contributed by atoms with E-state index in [1.54, 1.807) is 0 Å². The van der Waals surface area contributed by atoms with Crippen molar-refractivity contribution in [3.63, 3.8) is 0 Å². The average molecular weight is 425 g/mol. The molecule has 2 unspecified atom stereocenters. The molecule has 2 amide bonds. The number of hydrogen-bond acceptors (Lipinski definition) is 5. The van der Waals surface area contributed by atoms with Gasteiger partial charge < -0.3 is 24.4 Å². The quantitative estimate of drug-likeness (QED) is 0.709. The van der Waals surface area contributed by atoms with Crippen LogP contribution in [0.5, 0.6) is 0 Å². The third kappa shape index (κ3) is 5.17. The van der Waals surface area contributed by atoms with Gasteiger partial charge in [-0.3, -0.25) is 9.59 Å². The fourth-order valence-electron chi connectivity index (χ4n) is 5.08. The highest BCUT2D eigenvalue weighted by molar-refractivity contribution is 5.87. The predicted molar refractivity (Wildman–Crippen MR) is 114 cm³/mol. The number of amides is 2. The number of nitrogens with one attached hydrogen (secondary N) is 1. The van der Waals surface area contributed by atoms with Crippen molar-refractivity contribution in [1.29, 1.82) is 0 Å². The van der Waals surface area contributed by atoms with Gasteiger partial charge in [-0.15, -0.1) is 0 Å². The van der Waals surface area contributed by atoms with E-state index in [-0.39, 0.29) is 28.7 Å². The maximum Gasteiger partial charge on any atom is 0.247 e. The van der Waals surface area contributed by atoms with Crippen molar-refractivity contribution in [3.05, 3.63) is 0 Å². The normalized spacial score (nSPS) is 31.2. The Morgan fingerprint density at radius 2 is 1.73 bits per heavy atom. The molecule has 5 rings (SSSR count). The molecular formula is C23H40N2O5. The van der Waals surface area contributed by atoms with Crippen LogP contribution in [0.1, 0.15) is 66.2 Å². The minimum absolute atomic E-state index is 0.0288. The predicted octanol–water partition coefficient (Wildman–Crippen LogP) is 2.52. The molecule has 1 N–H and O–H groups in total. The number of carbonyl (C=O) groups excluding carboxylic acids is 2. The number of ether oxygens (including phenoxy) is 3. The van der Waals surface area contributed by atoms with Crippen molar-refractivity contribution in [2.45, 2.75) is 84.5 Å². The van der Waals surface area contributed by atoms with Gasteiger partial charge in [-0.25, -0.2) is 0 Å². The smallest absolute Gasteiger partial charge is 0.247 e. The van der Waals surface area contributed by atoms with Gasteiger partial charge in [0.15, 0.2) is 0 Å². The molecule has 4 saturated heterocycles. The Morgan fingerprint density at radius 1 is 1.10 bits per heavy atom. The second-order valence-electron chi connectivity index (χ2n) is 9.52. The van der Waals surface area contributed by atoms with Gasteiger partial charge >= 0.3 is 0 Å². The number of fused-ring (bicyclic) bond motifs is 3.